The zero-order valence-electron chi connectivity index (χ0n) is 19.2. The molecule has 0 spiro atoms. The van der Waals surface area contributed by atoms with Gasteiger partial charge in [0, 0.05) is 23.6 Å². The lowest BCUT2D eigenvalue weighted by molar-refractivity contribution is -0.139. The maximum atomic E-state index is 13.0. The zero-order valence-corrected chi connectivity index (χ0v) is 19.2. The highest BCUT2D eigenvalue weighted by Gasteiger charge is 2.38. The first kappa shape index (κ1) is 22.6. The fourth-order valence-corrected chi connectivity index (χ4v) is 4.04. The first-order chi connectivity index (χ1) is 15.6. The van der Waals surface area contributed by atoms with E-state index >= 15 is 0 Å². The van der Waals surface area contributed by atoms with Gasteiger partial charge in [0.15, 0.2) is 0 Å². The van der Waals surface area contributed by atoms with E-state index in [9.17, 15) is 14.4 Å². The Labute approximate surface area is 191 Å². The van der Waals surface area contributed by atoms with Crippen LogP contribution in [0.1, 0.15) is 39.2 Å². The molecule has 4 rings (SSSR count). The van der Waals surface area contributed by atoms with E-state index in [0.29, 0.717) is 30.5 Å². The van der Waals surface area contributed by atoms with Gasteiger partial charge in [0.05, 0.1) is 0 Å². The van der Waals surface area contributed by atoms with Crippen molar-refractivity contribution in [3.8, 4) is 16.9 Å². The molecule has 7 nitrogen and oxygen atoms in total. The largest absolute Gasteiger partial charge is 0.444 e. The van der Waals surface area contributed by atoms with Crippen LogP contribution < -0.4 is 10.4 Å². The summed E-state index contributed by atoms with van der Waals surface area (Å²) in [5.74, 6) is -0.251. The molecule has 0 bridgehead atoms. The first-order valence-corrected chi connectivity index (χ1v) is 11.0. The summed E-state index contributed by atoms with van der Waals surface area (Å²) in [5.41, 5.74) is 1.39. The molecule has 1 atom stereocenters. The Morgan fingerprint density at radius 1 is 1.09 bits per heavy atom. The molecule has 33 heavy (non-hydrogen) atoms. The van der Waals surface area contributed by atoms with E-state index in [1.165, 1.54) is 11.0 Å². The van der Waals surface area contributed by atoms with E-state index in [2.05, 4.69) is 0 Å². The van der Waals surface area contributed by atoms with Gasteiger partial charge >= 0.3 is 17.7 Å². The Kier molecular flexibility index (Phi) is 5.97. The number of hydrogen-bond donors (Lipinski definition) is 0. The van der Waals surface area contributed by atoms with Crippen LogP contribution in [0.5, 0.6) is 5.75 Å². The van der Waals surface area contributed by atoms with Gasteiger partial charge in [0.2, 0.25) is 0 Å². The highest BCUT2D eigenvalue weighted by atomic mass is 16.6. The number of fused-ring (bicyclic) bond motifs is 1. The summed E-state index contributed by atoms with van der Waals surface area (Å²) < 4.78 is 16.6. The Balaban J connectivity index is 1.63. The average Bonchev–Trinajstić information content (AvgIpc) is 3.25. The van der Waals surface area contributed by atoms with Gasteiger partial charge in [-0.1, -0.05) is 30.3 Å². The highest BCUT2D eigenvalue weighted by Crippen LogP contribution is 2.33. The minimum absolute atomic E-state index is 0.289. The van der Waals surface area contributed by atoms with Gasteiger partial charge < -0.3 is 13.9 Å². The number of esters is 1. The Morgan fingerprint density at radius 3 is 2.52 bits per heavy atom. The van der Waals surface area contributed by atoms with E-state index in [4.69, 9.17) is 13.9 Å². The number of likely N-dealkylation sites (tertiary alicyclic amines) is 1. The molecule has 2 aromatic carbocycles. The molecule has 7 heteroatoms. The van der Waals surface area contributed by atoms with Crippen LogP contribution >= 0.6 is 0 Å². The van der Waals surface area contributed by atoms with Crippen LogP contribution in [0, 0.1) is 6.92 Å². The lowest BCUT2D eigenvalue weighted by Gasteiger charge is -2.27. The van der Waals surface area contributed by atoms with Crippen LogP contribution in [0.25, 0.3) is 22.1 Å². The molecule has 0 radical (unpaired) electrons. The van der Waals surface area contributed by atoms with Crippen LogP contribution in [0.2, 0.25) is 0 Å². The van der Waals surface area contributed by atoms with Crippen molar-refractivity contribution in [2.45, 2.75) is 52.2 Å². The minimum Gasteiger partial charge on any atom is -0.444 e. The summed E-state index contributed by atoms with van der Waals surface area (Å²) in [5, 5.41) is 0.745. The molecule has 1 aliphatic heterocycles. The summed E-state index contributed by atoms with van der Waals surface area (Å²) >= 11 is 0. The minimum atomic E-state index is -0.724. The van der Waals surface area contributed by atoms with Crippen molar-refractivity contribution in [1.29, 1.82) is 0 Å². The first-order valence-electron chi connectivity index (χ1n) is 11.0. The van der Waals surface area contributed by atoms with Crippen molar-refractivity contribution >= 4 is 23.0 Å². The molecule has 0 saturated carbocycles. The van der Waals surface area contributed by atoms with E-state index in [-0.39, 0.29) is 5.75 Å². The predicted molar refractivity (Wildman–Crippen MR) is 124 cm³/mol. The van der Waals surface area contributed by atoms with Crippen molar-refractivity contribution in [3.05, 3.63) is 64.5 Å². The molecule has 1 aromatic heterocycles. The van der Waals surface area contributed by atoms with Gasteiger partial charge in [-0.15, -0.1) is 0 Å². The normalized spacial score (nSPS) is 16.1. The van der Waals surface area contributed by atoms with Gasteiger partial charge in [-0.2, -0.15) is 0 Å². The van der Waals surface area contributed by atoms with Gasteiger partial charge in [0.1, 0.15) is 23.0 Å². The quantitative estimate of drug-likeness (QED) is 0.315. The molecular weight excluding hydrogens is 422 g/mol. The third-order valence-corrected chi connectivity index (χ3v) is 5.56. The van der Waals surface area contributed by atoms with Crippen LogP contribution in [0.4, 0.5) is 4.79 Å². The Bertz CT molecular complexity index is 1260. The molecule has 0 N–H and O–H groups in total. The third kappa shape index (κ3) is 4.77. The molecule has 0 aliphatic carbocycles. The van der Waals surface area contributed by atoms with Crippen molar-refractivity contribution < 1.29 is 23.5 Å². The van der Waals surface area contributed by atoms with Gasteiger partial charge in [-0.3, -0.25) is 4.90 Å². The monoisotopic (exact) mass is 449 g/mol. The number of ether oxygens (including phenoxy) is 2. The SMILES string of the molecule is Cc1c(OC(=O)[C@H]2CCCN2C(=O)OC(C)(C)C)ccc2c(-c3ccccc3)cc(=O)oc12. The van der Waals surface area contributed by atoms with Gasteiger partial charge in [-0.25, -0.2) is 14.4 Å². The van der Waals surface area contributed by atoms with Crippen LogP contribution in [0.15, 0.2) is 57.7 Å². The summed E-state index contributed by atoms with van der Waals surface area (Å²) in [6, 6.07) is 13.7. The maximum absolute atomic E-state index is 13.0. The van der Waals surface area contributed by atoms with E-state index in [1.807, 2.05) is 30.3 Å². The van der Waals surface area contributed by atoms with Crippen LogP contribution in [-0.2, 0) is 9.53 Å². The Hall–Kier alpha value is -3.61. The second kappa shape index (κ2) is 8.73. The Morgan fingerprint density at radius 2 is 1.82 bits per heavy atom. The molecule has 2 heterocycles. The maximum Gasteiger partial charge on any atom is 0.411 e. The number of benzene rings is 2. The second-order valence-corrected chi connectivity index (χ2v) is 9.16. The molecule has 1 aliphatic rings. The molecule has 1 amide bonds. The van der Waals surface area contributed by atoms with Crippen molar-refractivity contribution in [2.75, 3.05) is 6.54 Å². The number of rotatable bonds is 3. The van der Waals surface area contributed by atoms with E-state index < -0.39 is 29.3 Å². The second-order valence-electron chi connectivity index (χ2n) is 9.16. The topological polar surface area (TPSA) is 86.0 Å². The lowest BCUT2D eigenvalue weighted by atomic mass is 10.0. The molecule has 1 fully saturated rings. The van der Waals surface area contributed by atoms with Crippen molar-refractivity contribution in [2.24, 2.45) is 0 Å². The van der Waals surface area contributed by atoms with E-state index in [0.717, 1.165) is 16.5 Å². The average molecular weight is 450 g/mol. The predicted octanol–water partition coefficient (Wildman–Crippen LogP) is 5.07. The number of aryl methyl sites for hydroxylation is 1. The molecule has 3 aromatic rings. The van der Waals surface area contributed by atoms with E-state index in [1.54, 1.807) is 39.8 Å². The fourth-order valence-electron chi connectivity index (χ4n) is 4.04. The number of carbonyl (C=O) groups excluding carboxylic acids is 2. The standard InChI is InChI=1S/C26H27NO6/c1-16-21(31-24(29)20-11-8-14-27(20)25(30)33-26(2,3)4)13-12-18-19(15-22(28)32-23(16)18)17-9-6-5-7-10-17/h5-7,9-10,12-13,15,20H,8,11,14H2,1-4H3/t20-/m1/s1. The van der Waals surface area contributed by atoms with Crippen LogP contribution in [-0.4, -0.2) is 35.2 Å². The summed E-state index contributed by atoms with van der Waals surface area (Å²) in [6.45, 7) is 7.52. The van der Waals surface area contributed by atoms with Crippen molar-refractivity contribution in [1.82, 2.24) is 4.90 Å². The highest BCUT2D eigenvalue weighted by molar-refractivity contribution is 5.96. The number of carbonyl (C=O) groups is 2. The third-order valence-electron chi connectivity index (χ3n) is 5.56. The number of hydrogen-bond acceptors (Lipinski definition) is 6. The molecule has 1 saturated heterocycles. The zero-order chi connectivity index (χ0) is 23.8. The number of amides is 1. The van der Waals surface area contributed by atoms with Gasteiger partial charge in [-0.05, 0) is 63.8 Å². The smallest absolute Gasteiger partial charge is 0.411 e. The molecule has 172 valence electrons. The molecule has 0 unspecified atom stereocenters. The molecular formula is C26H27NO6. The summed E-state index contributed by atoms with van der Waals surface area (Å²) in [7, 11) is 0. The number of nitrogens with zero attached hydrogens (tertiary/aromatic N) is 1. The fraction of sp³-hybridized carbons (Fsp3) is 0.346. The summed E-state index contributed by atoms with van der Waals surface area (Å²) in [4.78, 5) is 39.2. The summed E-state index contributed by atoms with van der Waals surface area (Å²) in [6.07, 6.45) is 0.652. The lowest BCUT2D eigenvalue weighted by Crippen LogP contribution is -2.44. The van der Waals surface area contributed by atoms with Gasteiger partial charge in [0.25, 0.3) is 0 Å². The van der Waals surface area contributed by atoms with Crippen LogP contribution in [0.3, 0.4) is 0 Å². The van der Waals surface area contributed by atoms with Crippen molar-refractivity contribution in [3.63, 3.8) is 0 Å².